The number of rotatable bonds is 4. The molecule has 0 spiro atoms. The number of hydrogen-bond acceptors (Lipinski definition) is 3. The van der Waals surface area contributed by atoms with E-state index in [4.69, 9.17) is 16.7 Å². The van der Waals surface area contributed by atoms with E-state index in [0.29, 0.717) is 18.0 Å². The Balaban J connectivity index is 1.97. The summed E-state index contributed by atoms with van der Waals surface area (Å²) < 4.78 is 0. The topological polar surface area (TPSA) is 57.6 Å². The van der Waals surface area contributed by atoms with Crippen LogP contribution in [0.25, 0.3) is 0 Å². The molecule has 4 nitrogen and oxygen atoms in total. The van der Waals surface area contributed by atoms with Crippen LogP contribution in [0.3, 0.4) is 0 Å². The highest BCUT2D eigenvalue weighted by Crippen LogP contribution is 2.27. The van der Waals surface area contributed by atoms with Crippen molar-refractivity contribution in [2.75, 3.05) is 12.3 Å². The van der Waals surface area contributed by atoms with Gasteiger partial charge in [-0.15, -0.1) is 11.8 Å². The van der Waals surface area contributed by atoms with Crippen LogP contribution >= 0.6 is 23.4 Å². The van der Waals surface area contributed by atoms with Crippen LogP contribution in [0.2, 0.25) is 5.02 Å². The second-order valence-electron chi connectivity index (χ2n) is 4.66. The summed E-state index contributed by atoms with van der Waals surface area (Å²) in [5.41, 5.74) is 0. The fourth-order valence-electron chi connectivity index (χ4n) is 2.27. The number of halogens is 1. The minimum atomic E-state index is -0.916. The highest BCUT2D eigenvalue weighted by atomic mass is 35.5. The molecule has 0 unspecified atom stereocenters. The number of carbonyl (C=O) groups excluding carboxylic acids is 1. The molecular formula is C14H16ClNO3S. The summed E-state index contributed by atoms with van der Waals surface area (Å²) in [5.74, 6) is -0.837. The van der Waals surface area contributed by atoms with Gasteiger partial charge in [0.1, 0.15) is 6.04 Å². The second-order valence-corrected chi connectivity index (χ2v) is 6.08. The number of carbonyl (C=O) groups is 2. The molecule has 1 fully saturated rings. The zero-order valence-electron chi connectivity index (χ0n) is 10.9. The molecule has 0 aromatic heterocycles. The minimum absolute atomic E-state index is 0.137. The van der Waals surface area contributed by atoms with Crippen molar-refractivity contribution in [3.8, 4) is 0 Å². The summed E-state index contributed by atoms with van der Waals surface area (Å²) in [7, 11) is 0. The molecular weight excluding hydrogens is 298 g/mol. The minimum Gasteiger partial charge on any atom is -0.480 e. The van der Waals surface area contributed by atoms with Crippen LogP contribution in [0.5, 0.6) is 0 Å². The summed E-state index contributed by atoms with van der Waals surface area (Å²) in [6.45, 7) is 0.527. The Hall–Kier alpha value is -1.20. The Kier molecular flexibility index (Phi) is 5.31. The van der Waals surface area contributed by atoms with Crippen LogP contribution in [-0.4, -0.2) is 40.2 Å². The first kappa shape index (κ1) is 15.2. The fraction of sp³-hybridized carbons (Fsp3) is 0.429. The van der Waals surface area contributed by atoms with Crippen LogP contribution in [0, 0.1) is 0 Å². The van der Waals surface area contributed by atoms with Gasteiger partial charge in [0, 0.05) is 11.4 Å². The lowest BCUT2D eigenvalue weighted by molar-refractivity contribution is -0.150. The fourth-order valence-corrected chi connectivity index (χ4v) is 3.40. The number of aliphatic carboxylic acids is 1. The van der Waals surface area contributed by atoms with E-state index >= 15 is 0 Å². The van der Waals surface area contributed by atoms with E-state index in [9.17, 15) is 9.59 Å². The molecule has 1 saturated heterocycles. The van der Waals surface area contributed by atoms with Crippen LogP contribution in [0.1, 0.15) is 19.3 Å². The largest absolute Gasteiger partial charge is 0.480 e. The predicted octanol–water partition coefficient (Wildman–Crippen LogP) is 2.90. The molecule has 1 N–H and O–H groups in total. The molecule has 1 heterocycles. The van der Waals surface area contributed by atoms with Crippen molar-refractivity contribution in [1.82, 2.24) is 4.90 Å². The van der Waals surface area contributed by atoms with Crippen molar-refractivity contribution in [3.05, 3.63) is 29.3 Å². The third-order valence-corrected chi connectivity index (χ3v) is 4.80. The first-order valence-electron chi connectivity index (χ1n) is 6.49. The van der Waals surface area contributed by atoms with Crippen LogP contribution in [-0.2, 0) is 9.59 Å². The molecule has 1 amide bonds. The summed E-state index contributed by atoms with van der Waals surface area (Å²) in [5, 5.41) is 9.78. The van der Waals surface area contributed by atoms with Gasteiger partial charge in [0.05, 0.1) is 10.8 Å². The molecule has 0 saturated carbocycles. The number of carboxylic acid groups (broad SMARTS) is 1. The van der Waals surface area contributed by atoms with Crippen molar-refractivity contribution in [1.29, 1.82) is 0 Å². The summed E-state index contributed by atoms with van der Waals surface area (Å²) >= 11 is 7.38. The maximum atomic E-state index is 12.2. The zero-order chi connectivity index (χ0) is 14.5. The number of hydrogen-bond donors (Lipinski definition) is 1. The molecule has 1 atom stereocenters. The van der Waals surface area contributed by atoms with Gasteiger partial charge in [-0.3, -0.25) is 4.79 Å². The van der Waals surface area contributed by atoms with Crippen molar-refractivity contribution >= 4 is 35.2 Å². The third kappa shape index (κ3) is 3.67. The monoisotopic (exact) mass is 313 g/mol. The molecule has 0 aliphatic carbocycles. The first-order valence-corrected chi connectivity index (χ1v) is 7.85. The Morgan fingerprint density at radius 3 is 2.80 bits per heavy atom. The molecule has 6 heteroatoms. The highest BCUT2D eigenvalue weighted by Gasteiger charge is 2.31. The number of thioether (sulfide) groups is 1. The molecule has 2 rings (SSSR count). The summed E-state index contributed by atoms with van der Waals surface area (Å²) in [6.07, 6.45) is 2.27. The van der Waals surface area contributed by atoms with Gasteiger partial charge < -0.3 is 10.0 Å². The van der Waals surface area contributed by atoms with Crippen molar-refractivity contribution < 1.29 is 14.7 Å². The zero-order valence-corrected chi connectivity index (χ0v) is 12.5. The van der Waals surface area contributed by atoms with Crippen molar-refractivity contribution in [3.63, 3.8) is 0 Å². The van der Waals surface area contributed by atoms with Gasteiger partial charge in [-0.2, -0.15) is 0 Å². The second kappa shape index (κ2) is 6.99. The first-order chi connectivity index (χ1) is 9.59. The number of nitrogens with zero attached hydrogens (tertiary/aromatic N) is 1. The van der Waals surface area contributed by atoms with Gasteiger partial charge in [-0.1, -0.05) is 23.7 Å². The quantitative estimate of drug-likeness (QED) is 0.868. The number of likely N-dealkylation sites (tertiary alicyclic amines) is 1. The SMILES string of the molecule is O=C(O)[C@@H]1CCCCN1C(=O)CSc1ccccc1Cl. The molecule has 108 valence electrons. The summed E-state index contributed by atoms with van der Waals surface area (Å²) in [6, 6.07) is 6.64. The molecule has 1 aliphatic heterocycles. The van der Waals surface area contributed by atoms with Crippen molar-refractivity contribution in [2.24, 2.45) is 0 Å². The van der Waals surface area contributed by atoms with E-state index in [1.807, 2.05) is 18.2 Å². The Morgan fingerprint density at radius 1 is 1.35 bits per heavy atom. The van der Waals surface area contributed by atoms with Crippen LogP contribution in [0.4, 0.5) is 0 Å². The van der Waals surface area contributed by atoms with E-state index in [0.717, 1.165) is 17.7 Å². The van der Waals surface area contributed by atoms with E-state index in [2.05, 4.69) is 0 Å². The van der Waals surface area contributed by atoms with E-state index < -0.39 is 12.0 Å². The number of benzene rings is 1. The maximum absolute atomic E-state index is 12.2. The molecule has 1 aromatic carbocycles. The Labute approximate surface area is 127 Å². The normalized spacial score (nSPS) is 18.9. The molecule has 1 aliphatic rings. The lowest BCUT2D eigenvalue weighted by atomic mass is 10.0. The van der Waals surface area contributed by atoms with Gasteiger partial charge in [-0.25, -0.2) is 4.79 Å². The van der Waals surface area contributed by atoms with Gasteiger partial charge in [0.15, 0.2) is 0 Å². The number of carboxylic acids is 1. The summed E-state index contributed by atoms with van der Waals surface area (Å²) in [4.78, 5) is 25.7. The predicted molar refractivity (Wildman–Crippen MR) is 79.2 cm³/mol. The Morgan fingerprint density at radius 2 is 2.10 bits per heavy atom. The average molecular weight is 314 g/mol. The smallest absolute Gasteiger partial charge is 0.326 e. The van der Waals surface area contributed by atoms with E-state index in [1.165, 1.54) is 16.7 Å². The van der Waals surface area contributed by atoms with Crippen molar-refractivity contribution in [2.45, 2.75) is 30.2 Å². The lowest BCUT2D eigenvalue weighted by Crippen LogP contribution is -2.48. The van der Waals surface area contributed by atoms with Gasteiger partial charge in [0.25, 0.3) is 0 Å². The maximum Gasteiger partial charge on any atom is 0.326 e. The average Bonchev–Trinajstić information content (AvgIpc) is 2.46. The molecule has 0 radical (unpaired) electrons. The molecule has 0 bridgehead atoms. The highest BCUT2D eigenvalue weighted by molar-refractivity contribution is 8.00. The van der Waals surface area contributed by atoms with Gasteiger partial charge in [-0.05, 0) is 31.4 Å². The van der Waals surface area contributed by atoms with Gasteiger partial charge >= 0.3 is 5.97 Å². The number of amides is 1. The number of piperidine rings is 1. The third-order valence-electron chi connectivity index (χ3n) is 3.30. The lowest BCUT2D eigenvalue weighted by Gasteiger charge is -2.32. The standard InChI is InChI=1S/C14H16ClNO3S/c15-10-5-1-2-7-12(10)20-9-13(17)16-8-4-3-6-11(16)14(18)19/h1-2,5,7,11H,3-4,6,8-9H2,(H,18,19)/t11-/m0/s1. The van der Waals surface area contributed by atoms with E-state index in [-0.39, 0.29) is 11.7 Å². The molecule has 1 aromatic rings. The molecule has 20 heavy (non-hydrogen) atoms. The van der Waals surface area contributed by atoms with E-state index in [1.54, 1.807) is 6.07 Å². The van der Waals surface area contributed by atoms with Crippen LogP contribution < -0.4 is 0 Å². The van der Waals surface area contributed by atoms with Gasteiger partial charge in [0.2, 0.25) is 5.91 Å². The van der Waals surface area contributed by atoms with Crippen LogP contribution in [0.15, 0.2) is 29.2 Å². The Bertz CT molecular complexity index is 509.